The van der Waals surface area contributed by atoms with Crippen LogP contribution in [0.3, 0.4) is 0 Å². The molecule has 0 bridgehead atoms. The van der Waals surface area contributed by atoms with Crippen LogP contribution in [-0.4, -0.2) is 42.3 Å². The minimum atomic E-state index is -2.46. The summed E-state index contributed by atoms with van der Waals surface area (Å²) in [4.78, 5) is 3.32. The predicted molar refractivity (Wildman–Crippen MR) is 80.4 cm³/mol. The number of benzene rings is 1. The Morgan fingerprint density at radius 3 is 2.50 bits per heavy atom. The SMILES string of the molecule is NC(CCN1CCC(F)(F)CC1)CSc1ccccc1. The molecule has 1 saturated heterocycles. The van der Waals surface area contributed by atoms with Gasteiger partial charge in [0, 0.05) is 42.6 Å². The van der Waals surface area contributed by atoms with E-state index in [2.05, 4.69) is 17.0 Å². The largest absolute Gasteiger partial charge is 0.327 e. The molecule has 112 valence electrons. The first-order chi connectivity index (χ1) is 9.55. The molecule has 0 amide bonds. The second kappa shape index (κ2) is 7.38. The molecule has 20 heavy (non-hydrogen) atoms. The Labute approximate surface area is 123 Å². The van der Waals surface area contributed by atoms with Crippen LogP contribution in [0, 0.1) is 0 Å². The third-order valence-corrected chi connectivity index (χ3v) is 4.81. The maximum absolute atomic E-state index is 13.0. The lowest BCUT2D eigenvalue weighted by Gasteiger charge is -2.32. The number of hydrogen-bond acceptors (Lipinski definition) is 3. The summed E-state index contributed by atoms with van der Waals surface area (Å²) in [7, 11) is 0. The van der Waals surface area contributed by atoms with Gasteiger partial charge in [0.1, 0.15) is 0 Å². The molecule has 2 nitrogen and oxygen atoms in total. The number of nitrogens with two attached hydrogens (primary N) is 1. The van der Waals surface area contributed by atoms with Gasteiger partial charge in [-0.3, -0.25) is 0 Å². The Bertz CT molecular complexity index is 390. The van der Waals surface area contributed by atoms with Gasteiger partial charge < -0.3 is 10.6 Å². The van der Waals surface area contributed by atoms with Crippen molar-refractivity contribution in [3.63, 3.8) is 0 Å². The summed E-state index contributed by atoms with van der Waals surface area (Å²) in [5.41, 5.74) is 6.10. The van der Waals surface area contributed by atoms with Crippen LogP contribution in [0.15, 0.2) is 35.2 Å². The van der Waals surface area contributed by atoms with E-state index in [4.69, 9.17) is 5.73 Å². The van der Waals surface area contributed by atoms with Crippen molar-refractivity contribution in [1.82, 2.24) is 4.90 Å². The first kappa shape index (κ1) is 15.7. The van der Waals surface area contributed by atoms with Crippen LogP contribution in [0.25, 0.3) is 0 Å². The van der Waals surface area contributed by atoms with E-state index in [9.17, 15) is 8.78 Å². The van der Waals surface area contributed by atoms with Gasteiger partial charge in [0.2, 0.25) is 0 Å². The van der Waals surface area contributed by atoms with E-state index in [1.807, 2.05) is 18.2 Å². The van der Waals surface area contributed by atoms with Gasteiger partial charge in [-0.1, -0.05) is 18.2 Å². The first-order valence-corrected chi connectivity index (χ1v) is 8.07. The molecule has 0 spiro atoms. The third kappa shape index (κ3) is 5.38. The van der Waals surface area contributed by atoms with Gasteiger partial charge in [-0.15, -0.1) is 11.8 Å². The zero-order chi connectivity index (χ0) is 14.4. The molecule has 5 heteroatoms. The molecule has 0 aliphatic carbocycles. The van der Waals surface area contributed by atoms with E-state index < -0.39 is 5.92 Å². The molecule has 0 saturated carbocycles. The highest BCUT2D eigenvalue weighted by Gasteiger charge is 2.33. The molecule has 0 aromatic heterocycles. The molecule has 1 aromatic carbocycles. The second-order valence-corrected chi connectivity index (χ2v) is 6.46. The van der Waals surface area contributed by atoms with Gasteiger partial charge >= 0.3 is 0 Å². The average Bonchev–Trinajstić information content (AvgIpc) is 2.45. The Hall–Kier alpha value is -0.650. The molecular formula is C15H22F2N2S. The number of thioether (sulfide) groups is 1. The Balaban J connectivity index is 1.62. The lowest BCUT2D eigenvalue weighted by molar-refractivity contribution is -0.0552. The maximum Gasteiger partial charge on any atom is 0.250 e. The third-order valence-electron chi connectivity index (χ3n) is 3.61. The molecule has 1 atom stereocenters. The highest BCUT2D eigenvalue weighted by molar-refractivity contribution is 7.99. The van der Waals surface area contributed by atoms with Gasteiger partial charge in [-0.2, -0.15) is 0 Å². The average molecular weight is 300 g/mol. The quantitative estimate of drug-likeness (QED) is 0.818. The van der Waals surface area contributed by atoms with Crippen molar-refractivity contribution in [1.29, 1.82) is 0 Å². The van der Waals surface area contributed by atoms with Gasteiger partial charge in [0.15, 0.2) is 0 Å². The fourth-order valence-corrected chi connectivity index (χ4v) is 3.18. The fourth-order valence-electron chi connectivity index (χ4n) is 2.26. The number of halogens is 2. The van der Waals surface area contributed by atoms with E-state index >= 15 is 0 Å². The molecule has 1 unspecified atom stereocenters. The summed E-state index contributed by atoms with van der Waals surface area (Å²) >= 11 is 1.75. The minimum Gasteiger partial charge on any atom is -0.327 e. The topological polar surface area (TPSA) is 29.3 Å². The highest BCUT2D eigenvalue weighted by atomic mass is 32.2. The Morgan fingerprint density at radius 2 is 1.85 bits per heavy atom. The van der Waals surface area contributed by atoms with E-state index in [-0.39, 0.29) is 18.9 Å². The molecule has 2 N–H and O–H groups in total. The van der Waals surface area contributed by atoms with Crippen LogP contribution >= 0.6 is 11.8 Å². The van der Waals surface area contributed by atoms with Crippen LogP contribution < -0.4 is 5.73 Å². The fraction of sp³-hybridized carbons (Fsp3) is 0.600. The molecule has 1 aliphatic rings. The molecule has 1 fully saturated rings. The van der Waals surface area contributed by atoms with Crippen molar-refractivity contribution in [2.45, 2.75) is 36.1 Å². The summed E-state index contributed by atoms with van der Waals surface area (Å²) in [5, 5.41) is 0. The Kier molecular flexibility index (Phi) is 5.81. The number of likely N-dealkylation sites (tertiary alicyclic amines) is 1. The van der Waals surface area contributed by atoms with Crippen LogP contribution in [0.5, 0.6) is 0 Å². The number of nitrogens with zero attached hydrogens (tertiary/aromatic N) is 1. The summed E-state index contributed by atoms with van der Waals surface area (Å²) in [6.45, 7) is 1.81. The first-order valence-electron chi connectivity index (χ1n) is 7.09. The van der Waals surface area contributed by atoms with Crippen molar-refractivity contribution in [3.8, 4) is 0 Å². The second-order valence-electron chi connectivity index (χ2n) is 5.37. The van der Waals surface area contributed by atoms with Crippen LogP contribution in [0.4, 0.5) is 8.78 Å². The molecule has 1 aliphatic heterocycles. The van der Waals surface area contributed by atoms with Crippen molar-refractivity contribution in [2.24, 2.45) is 5.73 Å². The van der Waals surface area contributed by atoms with Crippen LogP contribution in [0.1, 0.15) is 19.3 Å². The molecule has 2 rings (SSSR count). The predicted octanol–water partition coefficient (Wildman–Crippen LogP) is 3.23. The zero-order valence-corrected chi connectivity index (χ0v) is 12.4. The van der Waals surface area contributed by atoms with Crippen molar-refractivity contribution >= 4 is 11.8 Å². The number of piperidine rings is 1. The van der Waals surface area contributed by atoms with Gasteiger partial charge in [-0.05, 0) is 25.1 Å². The number of rotatable bonds is 6. The van der Waals surface area contributed by atoms with E-state index in [0.29, 0.717) is 13.1 Å². The van der Waals surface area contributed by atoms with Crippen LogP contribution in [-0.2, 0) is 0 Å². The molecular weight excluding hydrogens is 278 g/mol. The van der Waals surface area contributed by atoms with Crippen molar-refractivity contribution in [3.05, 3.63) is 30.3 Å². The van der Waals surface area contributed by atoms with E-state index in [1.165, 1.54) is 4.90 Å². The lowest BCUT2D eigenvalue weighted by Crippen LogP contribution is -2.41. The summed E-state index contributed by atoms with van der Waals surface area (Å²) < 4.78 is 26.1. The number of hydrogen-bond donors (Lipinski definition) is 1. The Morgan fingerprint density at radius 1 is 1.20 bits per heavy atom. The molecule has 1 aromatic rings. The maximum atomic E-state index is 13.0. The standard InChI is InChI=1S/C15H22F2N2S/c16-15(17)7-10-19(11-8-15)9-6-13(18)12-20-14-4-2-1-3-5-14/h1-5,13H,6-12,18H2. The highest BCUT2D eigenvalue weighted by Crippen LogP contribution is 2.27. The van der Waals surface area contributed by atoms with Crippen molar-refractivity contribution in [2.75, 3.05) is 25.4 Å². The summed E-state index contributed by atoms with van der Waals surface area (Å²) in [5.74, 6) is -1.59. The normalized spacial score (nSPS) is 20.8. The zero-order valence-electron chi connectivity index (χ0n) is 11.6. The van der Waals surface area contributed by atoms with Gasteiger partial charge in [0.05, 0.1) is 0 Å². The molecule has 1 heterocycles. The van der Waals surface area contributed by atoms with Crippen LogP contribution in [0.2, 0.25) is 0 Å². The monoisotopic (exact) mass is 300 g/mol. The van der Waals surface area contributed by atoms with Gasteiger partial charge in [-0.25, -0.2) is 8.78 Å². The van der Waals surface area contributed by atoms with E-state index in [1.54, 1.807) is 11.8 Å². The summed E-state index contributed by atoms with van der Waals surface area (Å²) in [6.07, 6.45) is 0.841. The van der Waals surface area contributed by atoms with E-state index in [0.717, 1.165) is 18.7 Å². The summed E-state index contributed by atoms with van der Waals surface area (Å²) in [6, 6.07) is 10.3. The molecule has 0 radical (unpaired) electrons. The lowest BCUT2D eigenvalue weighted by atomic mass is 10.1. The number of alkyl halides is 2. The van der Waals surface area contributed by atoms with Gasteiger partial charge in [0.25, 0.3) is 5.92 Å². The minimum absolute atomic E-state index is 0.0129. The smallest absolute Gasteiger partial charge is 0.250 e. The van der Waals surface area contributed by atoms with Crippen molar-refractivity contribution < 1.29 is 8.78 Å².